The number of hydrogen-bond acceptors (Lipinski definition) is 3. The second-order valence-corrected chi connectivity index (χ2v) is 4.03. The molecule has 2 rings (SSSR count). The zero-order chi connectivity index (χ0) is 15.7. The molecule has 0 saturated carbocycles. The van der Waals surface area contributed by atoms with Crippen molar-refractivity contribution in [2.24, 2.45) is 4.99 Å². The Kier molecular flexibility index (Phi) is 6.75. The van der Waals surface area contributed by atoms with Crippen LogP contribution in [0, 0.1) is 6.92 Å². The van der Waals surface area contributed by atoms with Gasteiger partial charge in [0.2, 0.25) is 0 Å². The highest BCUT2D eigenvalue weighted by atomic mass is 14.9. The van der Waals surface area contributed by atoms with E-state index in [1.54, 1.807) is 12.3 Å². The van der Waals surface area contributed by atoms with E-state index in [-0.39, 0.29) is 0 Å². The molecule has 0 aliphatic rings. The molecule has 0 aliphatic heterocycles. The lowest BCUT2D eigenvalue weighted by Crippen LogP contribution is -1.93. The number of rotatable bonds is 4. The summed E-state index contributed by atoms with van der Waals surface area (Å²) in [5.74, 6) is 0.674. The second-order valence-electron chi connectivity index (χ2n) is 4.03. The summed E-state index contributed by atoms with van der Waals surface area (Å²) in [6.45, 7) is 13.1. The summed E-state index contributed by atoms with van der Waals surface area (Å²) in [5.41, 5.74) is 2.78. The van der Waals surface area contributed by atoms with Crippen LogP contribution in [0.1, 0.15) is 25.4 Å². The van der Waals surface area contributed by atoms with Gasteiger partial charge in [-0.2, -0.15) is 0 Å². The predicted molar refractivity (Wildman–Crippen MR) is 92.5 cm³/mol. The van der Waals surface area contributed by atoms with Crippen LogP contribution in [0.15, 0.2) is 59.8 Å². The van der Waals surface area contributed by atoms with Gasteiger partial charge in [-0.25, -0.2) is 9.97 Å². The number of hydrogen-bond donors (Lipinski definition) is 0. The fourth-order valence-corrected chi connectivity index (χ4v) is 1.77. The molecule has 0 atom stereocenters. The molecule has 0 unspecified atom stereocenters. The first-order valence-electron chi connectivity index (χ1n) is 6.94. The largest absolute Gasteiger partial charge is 0.272 e. The smallest absolute Gasteiger partial charge is 0.152 e. The highest BCUT2D eigenvalue weighted by molar-refractivity contribution is 5.81. The summed E-state index contributed by atoms with van der Waals surface area (Å²) >= 11 is 0. The Labute approximate surface area is 126 Å². The van der Waals surface area contributed by atoms with Gasteiger partial charge in [-0.3, -0.25) is 4.99 Å². The molecule has 0 fully saturated rings. The number of allylic oxidation sites excluding steroid dienone is 3. The van der Waals surface area contributed by atoms with Crippen LogP contribution in [0.4, 0.5) is 0 Å². The van der Waals surface area contributed by atoms with Gasteiger partial charge in [0.25, 0.3) is 0 Å². The van der Waals surface area contributed by atoms with Gasteiger partial charge in [0.05, 0.1) is 5.52 Å². The van der Waals surface area contributed by atoms with Gasteiger partial charge in [-0.1, -0.05) is 44.7 Å². The molecule has 0 amide bonds. The fourth-order valence-electron chi connectivity index (χ4n) is 1.77. The van der Waals surface area contributed by atoms with Crippen LogP contribution in [0.5, 0.6) is 0 Å². The third kappa shape index (κ3) is 4.49. The van der Waals surface area contributed by atoms with Crippen molar-refractivity contribution in [2.75, 3.05) is 0 Å². The van der Waals surface area contributed by atoms with Crippen molar-refractivity contribution in [3.8, 4) is 0 Å². The van der Waals surface area contributed by atoms with E-state index in [0.29, 0.717) is 5.82 Å². The van der Waals surface area contributed by atoms with Gasteiger partial charge in [0, 0.05) is 17.3 Å². The van der Waals surface area contributed by atoms with E-state index in [4.69, 9.17) is 0 Å². The third-order valence-corrected chi connectivity index (χ3v) is 2.71. The Hall–Kier alpha value is -2.55. The van der Waals surface area contributed by atoms with E-state index < -0.39 is 0 Å². The van der Waals surface area contributed by atoms with Gasteiger partial charge in [0.1, 0.15) is 0 Å². The first-order valence-corrected chi connectivity index (χ1v) is 6.94. The maximum absolute atomic E-state index is 4.50. The van der Waals surface area contributed by atoms with Gasteiger partial charge in [-0.05, 0) is 37.4 Å². The van der Waals surface area contributed by atoms with Crippen molar-refractivity contribution in [1.29, 1.82) is 0 Å². The monoisotopic (exact) mass is 279 g/mol. The standard InChI is InChI=1S/C16H15N3.C2H6/c1-4-13(11-17-3)9-10-16-18-12(2)14-7-5-6-8-15(14)19-16;1-2/h4-11H,1,3H2,2H3;1-2H3/b10-9+,13-11+;. The molecule has 1 heterocycles. The van der Waals surface area contributed by atoms with Gasteiger partial charge in [0.15, 0.2) is 5.82 Å². The van der Waals surface area contributed by atoms with E-state index in [2.05, 4.69) is 28.3 Å². The Morgan fingerprint density at radius 1 is 1.19 bits per heavy atom. The SMILES string of the molecule is C=CC(/C=C/c1nc(C)c2ccccc2n1)=C\N=C.CC. The van der Waals surface area contributed by atoms with Crippen molar-refractivity contribution < 1.29 is 0 Å². The third-order valence-electron chi connectivity index (χ3n) is 2.71. The molecule has 0 aliphatic carbocycles. The first-order chi connectivity index (χ1) is 10.2. The molecule has 108 valence electrons. The molecule has 0 bridgehead atoms. The molecule has 0 spiro atoms. The van der Waals surface area contributed by atoms with Crippen LogP contribution < -0.4 is 0 Å². The summed E-state index contributed by atoms with van der Waals surface area (Å²) < 4.78 is 0. The van der Waals surface area contributed by atoms with Gasteiger partial charge in [-0.15, -0.1) is 0 Å². The number of aryl methyl sites for hydroxylation is 1. The van der Waals surface area contributed by atoms with Crippen molar-refractivity contribution in [1.82, 2.24) is 9.97 Å². The molecular formula is C18H21N3. The topological polar surface area (TPSA) is 38.1 Å². The molecule has 0 radical (unpaired) electrons. The van der Waals surface area contributed by atoms with Crippen LogP contribution in [-0.4, -0.2) is 16.7 Å². The van der Waals surface area contributed by atoms with Crippen LogP contribution in [0.2, 0.25) is 0 Å². The van der Waals surface area contributed by atoms with Gasteiger partial charge < -0.3 is 0 Å². The molecule has 0 saturated heterocycles. The highest BCUT2D eigenvalue weighted by Crippen LogP contribution is 2.15. The number of aromatic nitrogens is 2. The number of fused-ring (bicyclic) bond motifs is 1. The number of para-hydroxylation sites is 1. The Morgan fingerprint density at radius 3 is 2.57 bits per heavy atom. The lowest BCUT2D eigenvalue weighted by atomic mass is 10.2. The minimum absolute atomic E-state index is 0.674. The van der Waals surface area contributed by atoms with Crippen molar-refractivity contribution in [3.63, 3.8) is 0 Å². The fraction of sp³-hybridized carbons (Fsp3) is 0.167. The molecule has 1 aromatic heterocycles. The molecule has 1 aromatic carbocycles. The van der Waals surface area contributed by atoms with Crippen molar-refractivity contribution in [3.05, 3.63) is 66.3 Å². The summed E-state index contributed by atoms with van der Waals surface area (Å²) in [7, 11) is 0. The van der Waals surface area contributed by atoms with E-state index in [9.17, 15) is 0 Å². The van der Waals surface area contributed by atoms with E-state index in [0.717, 1.165) is 22.2 Å². The van der Waals surface area contributed by atoms with E-state index in [1.807, 2.05) is 57.2 Å². The zero-order valence-electron chi connectivity index (χ0n) is 12.9. The lowest BCUT2D eigenvalue weighted by molar-refractivity contribution is 1.12. The minimum atomic E-state index is 0.674. The molecule has 2 aromatic rings. The highest BCUT2D eigenvalue weighted by Gasteiger charge is 2.01. The minimum Gasteiger partial charge on any atom is -0.272 e. The Balaban J connectivity index is 0.00000106. The number of benzene rings is 1. The normalized spacial score (nSPS) is 11.1. The lowest BCUT2D eigenvalue weighted by Gasteiger charge is -2.02. The van der Waals surface area contributed by atoms with Crippen LogP contribution >= 0.6 is 0 Å². The van der Waals surface area contributed by atoms with Crippen molar-refractivity contribution in [2.45, 2.75) is 20.8 Å². The van der Waals surface area contributed by atoms with Crippen LogP contribution in [0.25, 0.3) is 17.0 Å². The summed E-state index contributed by atoms with van der Waals surface area (Å²) in [4.78, 5) is 12.7. The Morgan fingerprint density at radius 2 is 1.90 bits per heavy atom. The number of nitrogens with zero attached hydrogens (tertiary/aromatic N) is 3. The second kappa shape index (κ2) is 8.59. The molecular weight excluding hydrogens is 258 g/mol. The Bertz CT molecular complexity index is 682. The summed E-state index contributed by atoms with van der Waals surface area (Å²) in [5, 5.41) is 1.08. The van der Waals surface area contributed by atoms with Crippen molar-refractivity contribution >= 4 is 23.7 Å². The average Bonchev–Trinajstić information content (AvgIpc) is 2.53. The van der Waals surface area contributed by atoms with Gasteiger partial charge >= 0.3 is 0 Å². The molecule has 3 heteroatoms. The quantitative estimate of drug-likeness (QED) is 0.598. The van der Waals surface area contributed by atoms with Crippen LogP contribution in [-0.2, 0) is 0 Å². The number of aliphatic imine (C=N–C) groups is 1. The van der Waals surface area contributed by atoms with E-state index in [1.165, 1.54) is 0 Å². The molecule has 0 N–H and O–H groups in total. The summed E-state index contributed by atoms with van der Waals surface area (Å²) in [6.07, 6.45) is 7.06. The van der Waals surface area contributed by atoms with Crippen LogP contribution in [0.3, 0.4) is 0 Å². The maximum atomic E-state index is 4.50. The zero-order valence-corrected chi connectivity index (χ0v) is 12.9. The first kappa shape index (κ1) is 16.5. The van der Waals surface area contributed by atoms with E-state index >= 15 is 0 Å². The average molecular weight is 279 g/mol. The predicted octanol–water partition coefficient (Wildman–Crippen LogP) is 4.75. The maximum Gasteiger partial charge on any atom is 0.152 e. The molecule has 3 nitrogen and oxygen atoms in total. The molecule has 21 heavy (non-hydrogen) atoms. The summed E-state index contributed by atoms with van der Waals surface area (Å²) in [6, 6.07) is 7.97.